The van der Waals surface area contributed by atoms with Gasteiger partial charge in [-0.25, -0.2) is 0 Å². The minimum Gasteiger partial charge on any atom is -0.344 e. The van der Waals surface area contributed by atoms with Crippen LogP contribution in [-0.2, 0) is 16.6 Å². The second-order valence-corrected chi connectivity index (χ2v) is 9.86. The number of likely N-dealkylation sites (tertiary alicyclic amines) is 2. The Morgan fingerprint density at radius 3 is 2.30 bits per heavy atom. The molecule has 3 heterocycles. The van der Waals surface area contributed by atoms with Crippen LogP contribution in [0.5, 0.6) is 0 Å². The standard InChI is InChI=1S/C26H34N4O3/c1-18(2)15-21(27-19(3)31)24(32)30-14-11-26(17-30)9-12-29(13-10-26)25(33)23-16-20-7-5-6-8-22(20)28(23)4/h5-8,16,21H,1,9-15,17H2,2-4H3,(H,27,31). The Kier molecular flexibility index (Phi) is 6.32. The predicted molar refractivity (Wildman–Crippen MR) is 129 cm³/mol. The molecule has 7 heteroatoms. The highest BCUT2D eigenvalue weighted by Gasteiger charge is 2.44. The van der Waals surface area contributed by atoms with E-state index in [9.17, 15) is 14.4 Å². The summed E-state index contributed by atoms with van der Waals surface area (Å²) in [6.45, 7) is 9.99. The molecule has 1 aromatic carbocycles. The Balaban J connectivity index is 1.39. The van der Waals surface area contributed by atoms with Crippen molar-refractivity contribution < 1.29 is 14.4 Å². The van der Waals surface area contributed by atoms with Gasteiger partial charge in [-0.1, -0.05) is 23.8 Å². The van der Waals surface area contributed by atoms with Crippen LogP contribution in [0.25, 0.3) is 10.9 Å². The molecule has 0 aliphatic carbocycles. The van der Waals surface area contributed by atoms with Crippen molar-refractivity contribution in [1.29, 1.82) is 0 Å². The Morgan fingerprint density at radius 2 is 1.70 bits per heavy atom. The topological polar surface area (TPSA) is 74.7 Å². The highest BCUT2D eigenvalue weighted by atomic mass is 16.2. The second kappa shape index (κ2) is 9.04. The molecule has 33 heavy (non-hydrogen) atoms. The number of benzene rings is 1. The smallest absolute Gasteiger partial charge is 0.270 e. The van der Waals surface area contributed by atoms with Crippen LogP contribution < -0.4 is 5.32 Å². The van der Waals surface area contributed by atoms with Gasteiger partial charge < -0.3 is 19.7 Å². The van der Waals surface area contributed by atoms with Crippen molar-refractivity contribution in [1.82, 2.24) is 19.7 Å². The molecule has 0 radical (unpaired) electrons. The number of para-hydroxylation sites is 1. The van der Waals surface area contributed by atoms with E-state index in [1.54, 1.807) is 0 Å². The van der Waals surface area contributed by atoms with Crippen LogP contribution in [-0.4, -0.2) is 64.3 Å². The molecule has 2 aliphatic rings. The second-order valence-electron chi connectivity index (χ2n) is 9.86. The predicted octanol–water partition coefficient (Wildman–Crippen LogP) is 3.10. The van der Waals surface area contributed by atoms with Crippen molar-refractivity contribution in [2.75, 3.05) is 26.2 Å². The van der Waals surface area contributed by atoms with E-state index >= 15 is 0 Å². The van der Waals surface area contributed by atoms with Crippen molar-refractivity contribution in [2.24, 2.45) is 12.5 Å². The summed E-state index contributed by atoms with van der Waals surface area (Å²) >= 11 is 0. The number of rotatable bonds is 5. The highest BCUT2D eigenvalue weighted by molar-refractivity contribution is 5.98. The Bertz CT molecular complexity index is 1080. The average Bonchev–Trinajstić information content (AvgIpc) is 3.34. The molecule has 1 N–H and O–H groups in total. The molecule has 0 bridgehead atoms. The molecule has 176 valence electrons. The number of aromatic nitrogens is 1. The van der Waals surface area contributed by atoms with Crippen LogP contribution in [0, 0.1) is 5.41 Å². The lowest BCUT2D eigenvalue weighted by Gasteiger charge is -2.39. The SMILES string of the molecule is C=C(C)CC(NC(C)=O)C(=O)N1CCC2(CCN(C(=O)c3cc4ccccc4n3C)CC2)C1. The monoisotopic (exact) mass is 450 g/mol. The van der Waals surface area contributed by atoms with E-state index in [0.29, 0.717) is 38.3 Å². The van der Waals surface area contributed by atoms with Crippen molar-refractivity contribution in [2.45, 2.75) is 45.6 Å². The molecule has 2 aliphatic heterocycles. The summed E-state index contributed by atoms with van der Waals surface area (Å²) in [5.41, 5.74) is 2.70. The lowest BCUT2D eigenvalue weighted by Crippen LogP contribution is -2.49. The number of nitrogens with zero attached hydrogens (tertiary/aromatic N) is 3. The molecular weight excluding hydrogens is 416 g/mol. The van der Waals surface area contributed by atoms with Crippen LogP contribution in [0.4, 0.5) is 0 Å². The normalized spacial score (nSPS) is 18.5. The maximum Gasteiger partial charge on any atom is 0.270 e. The number of aryl methyl sites for hydroxylation is 1. The number of amides is 3. The summed E-state index contributed by atoms with van der Waals surface area (Å²) in [5, 5.41) is 3.86. The number of hydrogen-bond acceptors (Lipinski definition) is 3. The van der Waals surface area contributed by atoms with E-state index in [1.165, 1.54) is 6.92 Å². The van der Waals surface area contributed by atoms with E-state index in [2.05, 4.69) is 11.9 Å². The fraction of sp³-hybridized carbons (Fsp3) is 0.500. The minimum atomic E-state index is -0.553. The summed E-state index contributed by atoms with van der Waals surface area (Å²) < 4.78 is 1.97. The van der Waals surface area contributed by atoms with E-state index in [0.717, 1.165) is 35.7 Å². The lowest BCUT2D eigenvalue weighted by molar-refractivity contribution is -0.135. The summed E-state index contributed by atoms with van der Waals surface area (Å²) in [6.07, 6.45) is 3.17. The number of carbonyl (C=O) groups excluding carboxylic acids is 3. The first-order valence-electron chi connectivity index (χ1n) is 11.7. The van der Waals surface area contributed by atoms with Gasteiger partial charge in [0.15, 0.2) is 0 Å². The van der Waals surface area contributed by atoms with Gasteiger partial charge in [-0.05, 0) is 50.2 Å². The summed E-state index contributed by atoms with van der Waals surface area (Å²) in [5.74, 6) is -0.163. The van der Waals surface area contributed by atoms with Crippen LogP contribution >= 0.6 is 0 Å². The molecule has 1 atom stereocenters. The zero-order valence-corrected chi connectivity index (χ0v) is 19.9. The maximum absolute atomic E-state index is 13.3. The van der Waals surface area contributed by atoms with Crippen LogP contribution in [0.3, 0.4) is 0 Å². The van der Waals surface area contributed by atoms with Crippen molar-refractivity contribution in [3.8, 4) is 0 Å². The quantitative estimate of drug-likeness (QED) is 0.712. The molecule has 7 nitrogen and oxygen atoms in total. The van der Waals surface area contributed by atoms with Gasteiger partial charge in [0.2, 0.25) is 11.8 Å². The molecule has 2 saturated heterocycles. The zero-order chi connectivity index (χ0) is 23.8. The van der Waals surface area contributed by atoms with Crippen LogP contribution in [0.1, 0.15) is 50.0 Å². The van der Waals surface area contributed by atoms with E-state index in [4.69, 9.17) is 0 Å². The molecule has 1 unspecified atom stereocenters. The molecule has 3 amide bonds. The number of hydrogen-bond donors (Lipinski definition) is 1. The van der Waals surface area contributed by atoms with Gasteiger partial charge in [-0.2, -0.15) is 0 Å². The summed E-state index contributed by atoms with van der Waals surface area (Å²) in [7, 11) is 1.94. The van der Waals surface area contributed by atoms with Gasteiger partial charge >= 0.3 is 0 Å². The number of nitrogens with one attached hydrogen (secondary N) is 1. The Hall–Kier alpha value is -3.09. The maximum atomic E-state index is 13.3. The largest absolute Gasteiger partial charge is 0.344 e. The molecular formula is C26H34N4O3. The van der Waals surface area contributed by atoms with Crippen molar-refractivity contribution >= 4 is 28.6 Å². The Labute approximate surface area is 195 Å². The van der Waals surface area contributed by atoms with Gasteiger partial charge in [0.05, 0.1) is 0 Å². The zero-order valence-electron chi connectivity index (χ0n) is 19.9. The average molecular weight is 451 g/mol. The third-order valence-corrected chi connectivity index (χ3v) is 7.26. The van der Waals surface area contributed by atoms with Crippen LogP contribution in [0.15, 0.2) is 42.5 Å². The van der Waals surface area contributed by atoms with E-state index < -0.39 is 6.04 Å². The number of piperidine rings is 1. The van der Waals surface area contributed by atoms with Gasteiger partial charge in [0.25, 0.3) is 5.91 Å². The molecule has 4 rings (SSSR count). The fourth-order valence-corrected chi connectivity index (χ4v) is 5.39. The van der Waals surface area contributed by atoms with Gasteiger partial charge in [-0.15, -0.1) is 6.58 Å². The van der Waals surface area contributed by atoms with E-state index in [-0.39, 0.29) is 23.1 Å². The fourth-order valence-electron chi connectivity index (χ4n) is 5.39. The number of carbonyl (C=O) groups is 3. The minimum absolute atomic E-state index is 0.0286. The summed E-state index contributed by atoms with van der Waals surface area (Å²) in [6, 6.07) is 9.46. The molecule has 2 fully saturated rings. The van der Waals surface area contributed by atoms with Crippen molar-refractivity contribution in [3.63, 3.8) is 0 Å². The third-order valence-electron chi connectivity index (χ3n) is 7.26. The van der Waals surface area contributed by atoms with Crippen molar-refractivity contribution in [3.05, 3.63) is 48.2 Å². The molecule has 1 spiro atoms. The number of fused-ring (bicyclic) bond motifs is 1. The third kappa shape index (κ3) is 4.68. The van der Waals surface area contributed by atoms with Crippen LogP contribution in [0.2, 0.25) is 0 Å². The first-order chi connectivity index (χ1) is 15.7. The van der Waals surface area contributed by atoms with Gasteiger partial charge in [0.1, 0.15) is 11.7 Å². The lowest BCUT2D eigenvalue weighted by atomic mass is 9.77. The first-order valence-corrected chi connectivity index (χ1v) is 11.7. The van der Waals surface area contributed by atoms with Gasteiger partial charge in [-0.3, -0.25) is 14.4 Å². The Morgan fingerprint density at radius 1 is 1.06 bits per heavy atom. The van der Waals surface area contributed by atoms with E-state index in [1.807, 2.05) is 58.7 Å². The molecule has 0 saturated carbocycles. The molecule has 2 aromatic rings. The highest BCUT2D eigenvalue weighted by Crippen LogP contribution is 2.41. The summed E-state index contributed by atoms with van der Waals surface area (Å²) in [4.78, 5) is 41.8. The van der Waals surface area contributed by atoms with Gasteiger partial charge in [0, 0.05) is 51.1 Å². The first kappa shape index (κ1) is 23.1. The molecule has 1 aromatic heterocycles.